The number of nitrogens with zero attached hydrogens (tertiary/aromatic N) is 4. The molecule has 0 N–H and O–H groups in total. The zero-order valence-electron chi connectivity index (χ0n) is 13.5. The first-order valence-electron chi connectivity index (χ1n) is 7.89. The van der Waals surface area contributed by atoms with Crippen LogP contribution in [0.4, 0.5) is 0 Å². The van der Waals surface area contributed by atoms with Crippen molar-refractivity contribution in [2.24, 2.45) is 14.1 Å². The molecule has 5 rings (SSSR count). The van der Waals surface area contributed by atoms with Gasteiger partial charge >= 0.3 is 0 Å². The van der Waals surface area contributed by atoms with Crippen molar-refractivity contribution in [2.75, 3.05) is 0 Å². The second kappa shape index (κ2) is 4.71. The molecule has 0 amide bonds. The molecule has 0 radical (unpaired) electrons. The Bertz CT molecular complexity index is 1210. The van der Waals surface area contributed by atoms with E-state index in [-0.39, 0.29) is 0 Å². The van der Waals surface area contributed by atoms with Gasteiger partial charge < -0.3 is 18.1 Å². The Morgan fingerprint density at radius 1 is 1.33 bits per heavy atom. The van der Waals surface area contributed by atoms with E-state index in [1.54, 1.807) is 6.26 Å². The maximum absolute atomic E-state index is 5.79. The summed E-state index contributed by atoms with van der Waals surface area (Å²) in [4.78, 5) is 4.46. The van der Waals surface area contributed by atoms with E-state index in [9.17, 15) is 0 Å². The van der Waals surface area contributed by atoms with Gasteiger partial charge in [-0.15, -0.1) is 0 Å². The number of imidazole rings is 2. The molecule has 0 bridgehead atoms. The van der Waals surface area contributed by atoms with Gasteiger partial charge in [0.25, 0.3) is 0 Å². The number of rotatable bonds is 2. The molecule has 118 valence electrons. The molecular formula is C19H16N4O. The van der Waals surface area contributed by atoms with Crippen molar-refractivity contribution in [1.29, 1.82) is 0 Å². The Balaban J connectivity index is 1.80. The lowest BCUT2D eigenvalue weighted by Gasteiger charge is -2.03. The standard InChI is InChI=1S/C19H16N4O/c1-21-5-6-23(12-21)18-4-3-13-7-19-15(8-14(13)18)16(10-24-19)17-9-22(2)11-20-17/h3,5-11H,4H2,1-2H3. The summed E-state index contributed by atoms with van der Waals surface area (Å²) in [5, 5.41) is 3.54. The zero-order valence-corrected chi connectivity index (χ0v) is 13.5. The number of furan rings is 1. The van der Waals surface area contributed by atoms with Crippen molar-refractivity contribution in [3.63, 3.8) is 0 Å². The molecule has 0 unspecified atom stereocenters. The summed E-state index contributed by atoms with van der Waals surface area (Å²) in [6.45, 7) is 0. The molecule has 0 fully saturated rings. The fraction of sp³-hybridized carbons (Fsp3) is 0.158. The van der Waals surface area contributed by atoms with Crippen LogP contribution in [0, 0.1) is 6.33 Å². The van der Waals surface area contributed by atoms with Gasteiger partial charge in [-0.25, -0.2) is 4.98 Å². The van der Waals surface area contributed by atoms with Crippen LogP contribution in [0.25, 0.3) is 34.0 Å². The first-order chi connectivity index (χ1) is 11.7. The van der Waals surface area contributed by atoms with Gasteiger partial charge in [-0.3, -0.25) is 0 Å². The van der Waals surface area contributed by atoms with Crippen molar-refractivity contribution < 1.29 is 8.98 Å². The SMILES string of the molecule is Cn1cnc(-c2coc3cc4c(cc23)=C(n2[c-][n+](C)cc2)CC=4)c1. The second-order valence-electron chi connectivity index (χ2n) is 6.24. The summed E-state index contributed by atoms with van der Waals surface area (Å²) in [5.41, 5.74) is 4.09. The van der Waals surface area contributed by atoms with E-state index in [1.807, 2.05) is 48.1 Å². The van der Waals surface area contributed by atoms with Gasteiger partial charge in [0.1, 0.15) is 11.8 Å². The highest BCUT2D eigenvalue weighted by molar-refractivity contribution is 5.93. The van der Waals surface area contributed by atoms with Crippen molar-refractivity contribution in [3.8, 4) is 11.3 Å². The van der Waals surface area contributed by atoms with E-state index in [4.69, 9.17) is 4.42 Å². The van der Waals surface area contributed by atoms with Crippen molar-refractivity contribution in [3.05, 3.63) is 60.1 Å². The monoisotopic (exact) mass is 316 g/mol. The minimum absolute atomic E-state index is 0.895. The molecule has 1 aliphatic carbocycles. The largest absolute Gasteiger partial charge is 0.464 e. The van der Waals surface area contributed by atoms with E-state index in [2.05, 4.69) is 34.1 Å². The number of aryl methyl sites for hydroxylation is 2. The van der Waals surface area contributed by atoms with Gasteiger partial charge in [0.05, 0.1) is 19.1 Å². The zero-order chi connectivity index (χ0) is 16.3. The maximum atomic E-state index is 5.79. The number of hydrogen-bond acceptors (Lipinski definition) is 2. The number of benzene rings is 1. The number of fused-ring (bicyclic) bond motifs is 2. The van der Waals surface area contributed by atoms with Crippen LogP contribution < -0.4 is 15.0 Å². The maximum Gasteiger partial charge on any atom is 0.242 e. The molecule has 0 aliphatic heterocycles. The van der Waals surface area contributed by atoms with Crippen LogP contribution in [0.1, 0.15) is 6.42 Å². The normalized spacial score (nSPS) is 13.5. The molecule has 4 aromatic rings. The van der Waals surface area contributed by atoms with Crippen LogP contribution in [0.3, 0.4) is 0 Å². The topological polar surface area (TPSA) is 39.8 Å². The molecule has 5 nitrogen and oxygen atoms in total. The van der Waals surface area contributed by atoms with Crippen molar-refractivity contribution in [1.82, 2.24) is 14.1 Å². The van der Waals surface area contributed by atoms with Crippen LogP contribution in [-0.2, 0) is 14.1 Å². The molecule has 0 saturated heterocycles. The molecule has 1 aliphatic rings. The molecular weight excluding hydrogens is 300 g/mol. The highest BCUT2D eigenvalue weighted by Crippen LogP contribution is 2.28. The minimum Gasteiger partial charge on any atom is -0.464 e. The van der Waals surface area contributed by atoms with Gasteiger partial charge in [0, 0.05) is 42.3 Å². The molecule has 1 aromatic carbocycles. The van der Waals surface area contributed by atoms with E-state index < -0.39 is 0 Å². The van der Waals surface area contributed by atoms with Gasteiger partial charge in [0.2, 0.25) is 6.33 Å². The molecule has 5 heteroatoms. The summed E-state index contributed by atoms with van der Waals surface area (Å²) >= 11 is 0. The van der Waals surface area contributed by atoms with Crippen LogP contribution in [0.5, 0.6) is 0 Å². The summed E-state index contributed by atoms with van der Waals surface area (Å²) < 4.78 is 11.7. The Morgan fingerprint density at radius 2 is 2.25 bits per heavy atom. The second-order valence-corrected chi connectivity index (χ2v) is 6.24. The average Bonchev–Trinajstić information content (AvgIpc) is 3.31. The molecule has 24 heavy (non-hydrogen) atoms. The summed E-state index contributed by atoms with van der Waals surface area (Å²) in [6, 6.07) is 4.33. The lowest BCUT2D eigenvalue weighted by Crippen LogP contribution is -2.27. The Labute approximate surface area is 138 Å². The smallest absolute Gasteiger partial charge is 0.242 e. The highest BCUT2D eigenvalue weighted by Gasteiger charge is 2.14. The molecule has 0 atom stereocenters. The van der Waals surface area contributed by atoms with Crippen LogP contribution in [0.2, 0.25) is 0 Å². The summed E-state index contributed by atoms with van der Waals surface area (Å²) in [6.07, 6.45) is 16.1. The fourth-order valence-electron chi connectivity index (χ4n) is 3.36. The third-order valence-corrected chi connectivity index (χ3v) is 4.55. The summed E-state index contributed by atoms with van der Waals surface area (Å²) in [5.74, 6) is 0. The predicted octanol–water partition coefficient (Wildman–Crippen LogP) is 1.10. The minimum atomic E-state index is 0.895. The third-order valence-electron chi connectivity index (χ3n) is 4.55. The highest BCUT2D eigenvalue weighted by atomic mass is 16.3. The van der Waals surface area contributed by atoms with Crippen molar-refractivity contribution in [2.45, 2.75) is 6.42 Å². The van der Waals surface area contributed by atoms with E-state index in [1.165, 1.54) is 16.1 Å². The lowest BCUT2D eigenvalue weighted by molar-refractivity contribution is -0.674. The number of aromatic nitrogens is 4. The van der Waals surface area contributed by atoms with Crippen LogP contribution in [0.15, 0.2) is 47.7 Å². The third kappa shape index (κ3) is 1.88. The van der Waals surface area contributed by atoms with Gasteiger partial charge in [-0.05, 0) is 29.0 Å². The Kier molecular flexibility index (Phi) is 2.62. The first-order valence-corrected chi connectivity index (χ1v) is 7.89. The van der Waals surface area contributed by atoms with E-state index in [0.717, 1.165) is 28.6 Å². The quantitative estimate of drug-likeness (QED) is 0.410. The Hall–Kier alpha value is -3.08. The van der Waals surface area contributed by atoms with Crippen LogP contribution >= 0.6 is 0 Å². The lowest BCUT2D eigenvalue weighted by atomic mass is 10.1. The molecule has 3 heterocycles. The van der Waals surface area contributed by atoms with Crippen molar-refractivity contribution >= 4 is 22.7 Å². The molecule has 0 saturated carbocycles. The van der Waals surface area contributed by atoms with Gasteiger partial charge in [-0.1, -0.05) is 6.08 Å². The molecule has 3 aromatic heterocycles. The van der Waals surface area contributed by atoms with Gasteiger partial charge in [-0.2, -0.15) is 0 Å². The van der Waals surface area contributed by atoms with Crippen LogP contribution in [-0.4, -0.2) is 14.1 Å². The Morgan fingerprint density at radius 3 is 3.00 bits per heavy atom. The fourth-order valence-corrected chi connectivity index (χ4v) is 3.36. The number of hydrogen-bond donors (Lipinski definition) is 0. The first kappa shape index (κ1) is 13.4. The molecule has 0 spiro atoms. The van der Waals surface area contributed by atoms with E-state index in [0.29, 0.717) is 0 Å². The van der Waals surface area contributed by atoms with Gasteiger partial charge in [0.15, 0.2) is 0 Å². The van der Waals surface area contributed by atoms with E-state index >= 15 is 0 Å². The summed E-state index contributed by atoms with van der Waals surface area (Å²) in [7, 11) is 3.95. The predicted molar refractivity (Wildman–Crippen MR) is 90.0 cm³/mol. The average molecular weight is 316 g/mol.